The lowest BCUT2D eigenvalue weighted by Crippen LogP contribution is -2.33. The van der Waals surface area contributed by atoms with Crippen LogP contribution in [0.25, 0.3) is 0 Å². The second-order valence-electron chi connectivity index (χ2n) is 4.62. The zero-order chi connectivity index (χ0) is 11.6. The van der Waals surface area contributed by atoms with Gasteiger partial charge in [-0.25, -0.2) is 0 Å². The molecule has 0 radical (unpaired) electrons. The zero-order valence-electron chi connectivity index (χ0n) is 10.0. The van der Waals surface area contributed by atoms with Gasteiger partial charge >= 0.3 is 0 Å². The van der Waals surface area contributed by atoms with Crippen molar-refractivity contribution in [2.75, 3.05) is 13.7 Å². The highest BCUT2D eigenvalue weighted by Gasteiger charge is 2.45. The highest BCUT2D eigenvalue weighted by Crippen LogP contribution is 2.45. The molecule has 4 heteroatoms. The Kier molecular flexibility index (Phi) is 3.30. The smallest absolute Gasteiger partial charge is 0.119 e. The number of methoxy groups -OCH3 is 1. The first kappa shape index (κ1) is 11.6. The van der Waals surface area contributed by atoms with E-state index in [2.05, 4.69) is 12.0 Å². The minimum Gasteiger partial charge on any atom is -0.382 e. The van der Waals surface area contributed by atoms with E-state index < -0.39 is 5.60 Å². The standard InChI is InChI=1S/C12H20N2O2/c1-3-6-14-8-11(7-13-14)12(15,9-16-2)10-4-5-10/h7-8,10,15H,3-6,9H2,1-2H3. The van der Waals surface area contributed by atoms with Gasteiger partial charge in [0.2, 0.25) is 0 Å². The Morgan fingerprint density at radius 3 is 2.94 bits per heavy atom. The zero-order valence-corrected chi connectivity index (χ0v) is 10.0. The van der Waals surface area contributed by atoms with Crippen LogP contribution in [0.4, 0.5) is 0 Å². The van der Waals surface area contributed by atoms with Gasteiger partial charge in [0.05, 0.1) is 12.8 Å². The molecular weight excluding hydrogens is 204 g/mol. The van der Waals surface area contributed by atoms with Gasteiger partial charge in [-0.05, 0) is 25.2 Å². The average molecular weight is 224 g/mol. The molecule has 1 heterocycles. The quantitative estimate of drug-likeness (QED) is 0.797. The molecule has 0 spiro atoms. The predicted molar refractivity (Wildman–Crippen MR) is 61.0 cm³/mol. The highest BCUT2D eigenvalue weighted by atomic mass is 16.5. The third-order valence-corrected chi connectivity index (χ3v) is 3.20. The summed E-state index contributed by atoms with van der Waals surface area (Å²) in [5.74, 6) is 0.340. The van der Waals surface area contributed by atoms with Crippen LogP contribution >= 0.6 is 0 Å². The Morgan fingerprint density at radius 2 is 2.38 bits per heavy atom. The van der Waals surface area contributed by atoms with E-state index >= 15 is 0 Å². The lowest BCUT2D eigenvalue weighted by Gasteiger charge is -2.25. The van der Waals surface area contributed by atoms with Crippen molar-refractivity contribution in [3.63, 3.8) is 0 Å². The predicted octanol–water partition coefficient (Wildman–Crippen LogP) is 1.54. The fourth-order valence-electron chi connectivity index (χ4n) is 2.16. The fourth-order valence-corrected chi connectivity index (χ4v) is 2.16. The van der Waals surface area contributed by atoms with E-state index in [-0.39, 0.29) is 0 Å². The summed E-state index contributed by atoms with van der Waals surface area (Å²) in [4.78, 5) is 0. The fraction of sp³-hybridized carbons (Fsp3) is 0.750. The van der Waals surface area contributed by atoms with E-state index in [1.807, 2.05) is 10.9 Å². The first-order valence-corrected chi connectivity index (χ1v) is 5.95. The molecule has 1 aromatic heterocycles. The Labute approximate surface area is 96.2 Å². The number of aryl methyl sites for hydroxylation is 1. The van der Waals surface area contributed by atoms with Gasteiger partial charge in [-0.2, -0.15) is 5.10 Å². The van der Waals surface area contributed by atoms with Gasteiger partial charge in [-0.1, -0.05) is 6.92 Å². The van der Waals surface area contributed by atoms with E-state index in [9.17, 15) is 5.11 Å². The summed E-state index contributed by atoms with van der Waals surface area (Å²) >= 11 is 0. The normalized spacial score (nSPS) is 19.7. The molecule has 1 unspecified atom stereocenters. The van der Waals surface area contributed by atoms with Crippen LogP contribution in [0.15, 0.2) is 12.4 Å². The summed E-state index contributed by atoms with van der Waals surface area (Å²) in [5.41, 5.74) is 0.0612. The topological polar surface area (TPSA) is 47.3 Å². The number of hydrogen-bond donors (Lipinski definition) is 1. The van der Waals surface area contributed by atoms with Crippen LogP contribution in [0.2, 0.25) is 0 Å². The lowest BCUT2D eigenvalue weighted by molar-refractivity contribution is -0.0533. The average Bonchev–Trinajstić information content (AvgIpc) is 3.01. The third-order valence-electron chi connectivity index (χ3n) is 3.20. The maximum atomic E-state index is 10.6. The molecule has 1 saturated carbocycles. The minimum atomic E-state index is -0.833. The Balaban J connectivity index is 2.17. The van der Waals surface area contributed by atoms with Gasteiger partial charge in [0, 0.05) is 25.4 Å². The van der Waals surface area contributed by atoms with E-state index in [4.69, 9.17) is 4.74 Å². The second-order valence-corrected chi connectivity index (χ2v) is 4.62. The van der Waals surface area contributed by atoms with Crippen LogP contribution in [-0.4, -0.2) is 28.6 Å². The molecule has 1 N–H and O–H groups in total. The number of aliphatic hydroxyl groups is 1. The molecule has 90 valence electrons. The molecule has 1 aromatic rings. The van der Waals surface area contributed by atoms with Crippen molar-refractivity contribution in [2.45, 2.75) is 38.3 Å². The lowest BCUT2D eigenvalue weighted by atomic mass is 9.92. The molecule has 1 fully saturated rings. The number of ether oxygens (including phenoxy) is 1. The van der Waals surface area contributed by atoms with Crippen LogP contribution in [0.5, 0.6) is 0 Å². The van der Waals surface area contributed by atoms with Gasteiger partial charge < -0.3 is 9.84 Å². The van der Waals surface area contributed by atoms with Crippen LogP contribution < -0.4 is 0 Å². The Morgan fingerprint density at radius 1 is 1.62 bits per heavy atom. The highest BCUT2D eigenvalue weighted by molar-refractivity contribution is 5.19. The van der Waals surface area contributed by atoms with E-state index in [0.29, 0.717) is 12.5 Å². The van der Waals surface area contributed by atoms with Crippen LogP contribution in [0.3, 0.4) is 0 Å². The SMILES string of the molecule is CCCn1cc(C(O)(COC)C2CC2)cn1. The molecule has 0 amide bonds. The van der Waals surface area contributed by atoms with E-state index in [0.717, 1.165) is 31.4 Å². The van der Waals surface area contributed by atoms with Gasteiger partial charge in [0.1, 0.15) is 5.60 Å². The summed E-state index contributed by atoms with van der Waals surface area (Å²) in [6.45, 7) is 3.37. The largest absolute Gasteiger partial charge is 0.382 e. The first-order chi connectivity index (χ1) is 7.70. The molecule has 16 heavy (non-hydrogen) atoms. The molecule has 1 atom stereocenters. The van der Waals surface area contributed by atoms with Gasteiger partial charge in [-0.3, -0.25) is 4.68 Å². The van der Waals surface area contributed by atoms with Gasteiger partial charge in [0.15, 0.2) is 0 Å². The molecule has 0 saturated heterocycles. The molecule has 4 nitrogen and oxygen atoms in total. The van der Waals surface area contributed by atoms with Crippen molar-refractivity contribution < 1.29 is 9.84 Å². The van der Waals surface area contributed by atoms with Crippen LogP contribution in [-0.2, 0) is 16.9 Å². The Hall–Kier alpha value is -0.870. The summed E-state index contributed by atoms with van der Waals surface area (Å²) in [5, 5.41) is 14.9. The number of aromatic nitrogens is 2. The van der Waals surface area contributed by atoms with Crippen molar-refractivity contribution in [1.29, 1.82) is 0 Å². The molecule has 1 aliphatic rings. The van der Waals surface area contributed by atoms with Crippen molar-refractivity contribution in [2.24, 2.45) is 5.92 Å². The third kappa shape index (κ3) is 2.13. The summed E-state index contributed by atoms with van der Waals surface area (Å²) in [6, 6.07) is 0. The minimum absolute atomic E-state index is 0.340. The van der Waals surface area contributed by atoms with Crippen molar-refractivity contribution in [3.05, 3.63) is 18.0 Å². The summed E-state index contributed by atoms with van der Waals surface area (Å²) < 4.78 is 7.03. The first-order valence-electron chi connectivity index (χ1n) is 5.95. The summed E-state index contributed by atoms with van der Waals surface area (Å²) in [6.07, 6.45) is 6.93. The molecule has 0 bridgehead atoms. The van der Waals surface area contributed by atoms with E-state index in [1.54, 1.807) is 13.3 Å². The van der Waals surface area contributed by atoms with Gasteiger partial charge in [0.25, 0.3) is 0 Å². The molecular formula is C12H20N2O2. The van der Waals surface area contributed by atoms with E-state index in [1.165, 1.54) is 0 Å². The molecule has 1 aliphatic carbocycles. The van der Waals surface area contributed by atoms with Crippen molar-refractivity contribution >= 4 is 0 Å². The maximum Gasteiger partial charge on any atom is 0.119 e. The number of nitrogens with zero attached hydrogens (tertiary/aromatic N) is 2. The maximum absolute atomic E-state index is 10.6. The van der Waals surface area contributed by atoms with Crippen molar-refractivity contribution in [1.82, 2.24) is 9.78 Å². The molecule has 2 rings (SSSR count). The number of rotatable bonds is 6. The summed E-state index contributed by atoms with van der Waals surface area (Å²) in [7, 11) is 1.63. The van der Waals surface area contributed by atoms with Gasteiger partial charge in [-0.15, -0.1) is 0 Å². The van der Waals surface area contributed by atoms with Crippen LogP contribution in [0, 0.1) is 5.92 Å². The molecule has 0 aliphatic heterocycles. The Bertz CT molecular complexity index is 347. The van der Waals surface area contributed by atoms with Crippen LogP contribution in [0.1, 0.15) is 31.7 Å². The second kappa shape index (κ2) is 4.55. The monoisotopic (exact) mass is 224 g/mol. The van der Waals surface area contributed by atoms with Crippen molar-refractivity contribution in [3.8, 4) is 0 Å². The number of hydrogen-bond acceptors (Lipinski definition) is 3. The molecule has 0 aromatic carbocycles.